The molecule has 0 aromatic rings. The topological polar surface area (TPSA) is 23.5 Å². The summed E-state index contributed by atoms with van der Waals surface area (Å²) in [6.45, 7) is 2.34. The fourth-order valence-electron chi connectivity index (χ4n) is 2.91. The molecular weight excluding hydrogens is 150 g/mol. The van der Waals surface area contributed by atoms with Crippen molar-refractivity contribution >= 4 is 0 Å². The van der Waals surface area contributed by atoms with Crippen molar-refractivity contribution in [2.24, 2.45) is 5.92 Å². The van der Waals surface area contributed by atoms with Gasteiger partial charge in [0.1, 0.15) is 0 Å². The van der Waals surface area contributed by atoms with E-state index in [9.17, 15) is 5.11 Å². The van der Waals surface area contributed by atoms with Gasteiger partial charge in [-0.2, -0.15) is 0 Å². The molecule has 2 heteroatoms. The molecule has 0 aromatic heterocycles. The van der Waals surface area contributed by atoms with Crippen molar-refractivity contribution in [1.82, 2.24) is 4.90 Å². The minimum Gasteiger partial charge on any atom is -0.393 e. The molecule has 0 saturated carbocycles. The highest BCUT2D eigenvalue weighted by atomic mass is 16.3. The van der Waals surface area contributed by atoms with E-state index in [2.05, 4.69) is 18.9 Å². The van der Waals surface area contributed by atoms with Gasteiger partial charge < -0.3 is 10.0 Å². The number of nitrogens with zero attached hydrogens (tertiary/aromatic N) is 1. The molecule has 2 rings (SSSR count). The molecule has 2 unspecified atom stereocenters. The summed E-state index contributed by atoms with van der Waals surface area (Å²) < 4.78 is 0. The van der Waals surface area contributed by atoms with E-state index in [0.717, 1.165) is 18.8 Å². The summed E-state index contributed by atoms with van der Waals surface area (Å²) >= 11 is 0. The lowest BCUT2D eigenvalue weighted by atomic mass is 9.78. The highest BCUT2D eigenvalue weighted by Crippen LogP contribution is 2.35. The van der Waals surface area contributed by atoms with Crippen molar-refractivity contribution < 1.29 is 5.11 Å². The maximum Gasteiger partial charge on any atom is 0.0570 e. The second kappa shape index (κ2) is 3.00. The Labute approximate surface area is 74.6 Å². The summed E-state index contributed by atoms with van der Waals surface area (Å²) in [5.74, 6) is 0.865. The van der Waals surface area contributed by atoms with E-state index in [0.29, 0.717) is 12.1 Å². The van der Waals surface area contributed by atoms with Crippen molar-refractivity contribution in [2.45, 2.75) is 50.8 Å². The van der Waals surface area contributed by atoms with Crippen LogP contribution in [0, 0.1) is 5.92 Å². The number of piperidine rings is 2. The van der Waals surface area contributed by atoms with Gasteiger partial charge in [-0.15, -0.1) is 0 Å². The van der Waals surface area contributed by atoms with Gasteiger partial charge in [-0.05, 0) is 38.6 Å². The largest absolute Gasteiger partial charge is 0.393 e. The van der Waals surface area contributed by atoms with Gasteiger partial charge in [0.15, 0.2) is 0 Å². The molecule has 0 amide bonds. The number of fused-ring (bicyclic) bond motifs is 2. The summed E-state index contributed by atoms with van der Waals surface area (Å²) in [4.78, 5) is 2.48. The van der Waals surface area contributed by atoms with Crippen LogP contribution >= 0.6 is 0 Å². The van der Waals surface area contributed by atoms with Crippen LogP contribution in [0.5, 0.6) is 0 Å². The maximum atomic E-state index is 9.59. The highest BCUT2D eigenvalue weighted by molar-refractivity contribution is 4.92. The van der Waals surface area contributed by atoms with E-state index in [4.69, 9.17) is 0 Å². The maximum absolute atomic E-state index is 9.59. The van der Waals surface area contributed by atoms with E-state index >= 15 is 0 Å². The lowest BCUT2D eigenvalue weighted by Gasteiger charge is -2.48. The Morgan fingerprint density at radius 3 is 2.08 bits per heavy atom. The third kappa shape index (κ3) is 1.38. The Kier molecular flexibility index (Phi) is 2.13. The molecule has 12 heavy (non-hydrogen) atoms. The first-order chi connectivity index (χ1) is 5.66. The SMILES string of the molecule is CC1C[C@@H]2CC(O)C[C@H](C1)N2C. The summed E-state index contributed by atoms with van der Waals surface area (Å²) in [5.41, 5.74) is 0. The number of aliphatic hydroxyl groups excluding tert-OH is 1. The van der Waals surface area contributed by atoms with Crippen LogP contribution in [0.25, 0.3) is 0 Å². The standard InChI is InChI=1S/C10H19NO/c1-7-3-8-5-10(12)6-9(4-7)11(8)2/h7-10,12H,3-6H2,1-2H3/t7?,8-,9+,10?. The van der Waals surface area contributed by atoms with E-state index in [1.165, 1.54) is 12.8 Å². The fraction of sp³-hybridized carbons (Fsp3) is 1.00. The molecule has 0 radical (unpaired) electrons. The van der Waals surface area contributed by atoms with Gasteiger partial charge in [-0.1, -0.05) is 6.92 Å². The lowest BCUT2D eigenvalue weighted by molar-refractivity contribution is -0.0255. The van der Waals surface area contributed by atoms with Gasteiger partial charge in [0.05, 0.1) is 6.10 Å². The molecule has 2 aliphatic heterocycles. The Bertz CT molecular complexity index is 141. The number of hydrogen-bond donors (Lipinski definition) is 1. The van der Waals surface area contributed by atoms with Gasteiger partial charge in [0, 0.05) is 12.1 Å². The first kappa shape index (κ1) is 8.52. The molecule has 0 aromatic carbocycles. The van der Waals surface area contributed by atoms with Gasteiger partial charge in [-0.25, -0.2) is 0 Å². The summed E-state index contributed by atoms with van der Waals surface area (Å²) in [5, 5.41) is 9.59. The minimum absolute atomic E-state index is 0.0244. The van der Waals surface area contributed by atoms with Gasteiger partial charge in [0.25, 0.3) is 0 Å². The predicted octanol–water partition coefficient (Wildman–Crippen LogP) is 1.24. The second-order valence-corrected chi connectivity index (χ2v) is 4.67. The zero-order chi connectivity index (χ0) is 8.72. The van der Waals surface area contributed by atoms with E-state index < -0.39 is 0 Å². The minimum atomic E-state index is -0.0244. The summed E-state index contributed by atoms with van der Waals surface area (Å²) in [6, 6.07) is 1.31. The van der Waals surface area contributed by atoms with Gasteiger partial charge in [0.2, 0.25) is 0 Å². The molecule has 0 aliphatic carbocycles. The molecule has 2 aliphatic rings. The van der Waals surface area contributed by atoms with Gasteiger partial charge >= 0.3 is 0 Å². The Balaban J connectivity index is 2.08. The van der Waals surface area contributed by atoms with Gasteiger partial charge in [-0.3, -0.25) is 0 Å². The van der Waals surface area contributed by atoms with E-state index in [-0.39, 0.29) is 6.10 Å². The van der Waals surface area contributed by atoms with Crippen LogP contribution in [0.1, 0.15) is 32.6 Å². The van der Waals surface area contributed by atoms with Crippen LogP contribution in [0.15, 0.2) is 0 Å². The van der Waals surface area contributed by atoms with Crippen LogP contribution in [0.4, 0.5) is 0 Å². The highest BCUT2D eigenvalue weighted by Gasteiger charge is 2.37. The van der Waals surface area contributed by atoms with Crippen molar-refractivity contribution in [1.29, 1.82) is 0 Å². The van der Waals surface area contributed by atoms with Crippen LogP contribution in [0.3, 0.4) is 0 Å². The quantitative estimate of drug-likeness (QED) is 0.590. The fourth-order valence-corrected chi connectivity index (χ4v) is 2.91. The molecule has 70 valence electrons. The normalized spacial score (nSPS) is 49.2. The monoisotopic (exact) mass is 169 g/mol. The molecular formula is C10H19NO. The van der Waals surface area contributed by atoms with E-state index in [1.807, 2.05) is 0 Å². The molecule has 0 spiro atoms. The second-order valence-electron chi connectivity index (χ2n) is 4.67. The lowest BCUT2D eigenvalue weighted by Crippen LogP contribution is -2.53. The molecule has 2 heterocycles. The van der Waals surface area contributed by atoms with Crippen molar-refractivity contribution in [3.8, 4) is 0 Å². The summed E-state index contributed by atoms with van der Waals surface area (Å²) in [6.07, 6.45) is 4.53. The van der Waals surface area contributed by atoms with E-state index in [1.54, 1.807) is 0 Å². The summed E-state index contributed by atoms with van der Waals surface area (Å²) in [7, 11) is 2.22. The molecule has 1 N–H and O–H groups in total. The molecule has 2 fully saturated rings. The molecule has 2 bridgehead atoms. The predicted molar refractivity (Wildman–Crippen MR) is 49.0 cm³/mol. The zero-order valence-electron chi connectivity index (χ0n) is 8.03. The third-order valence-electron chi connectivity index (χ3n) is 3.59. The first-order valence-corrected chi connectivity index (χ1v) is 5.07. The van der Waals surface area contributed by atoms with Crippen molar-refractivity contribution in [2.75, 3.05) is 7.05 Å². The molecule has 4 atom stereocenters. The number of aliphatic hydroxyl groups is 1. The zero-order valence-corrected chi connectivity index (χ0v) is 8.03. The number of rotatable bonds is 0. The van der Waals surface area contributed by atoms with Crippen LogP contribution in [-0.2, 0) is 0 Å². The smallest absolute Gasteiger partial charge is 0.0570 e. The first-order valence-electron chi connectivity index (χ1n) is 5.07. The molecule has 2 nitrogen and oxygen atoms in total. The number of hydrogen-bond acceptors (Lipinski definition) is 2. The Morgan fingerprint density at radius 2 is 1.58 bits per heavy atom. The van der Waals surface area contributed by atoms with Crippen molar-refractivity contribution in [3.05, 3.63) is 0 Å². The third-order valence-corrected chi connectivity index (χ3v) is 3.59. The van der Waals surface area contributed by atoms with Crippen LogP contribution < -0.4 is 0 Å². The molecule has 2 saturated heterocycles. The van der Waals surface area contributed by atoms with Crippen molar-refractivity contribution in [3.63, 3.8) is 0 Å². The average molecular weight is 169 g/mol. The Hall–Kier alpha value is -0.0800. The van der Waals surface area contributed by atoms with Crippen LogP contribution in [-0.4, -0.2) is 35.2 Å². The van der Waals surface area contributed by atoms with Crippen LogP contribution in [0.2, 0.25) is 0 Å². The average Bonchev–Trinajstić information content (AvgIpc) is 1.94. The Morgan fingerprint density at radius 1 is 1.08 bits per heavy atom.